The molecule has 0 spiro atoms. The van der Waals surface area contributed by atoms with Gasteiger partial charge in [0.05, 0.1) is 0 Å². The van der Waals surface area contributed by atoms with Crippen molar-refractivity contribution in [3.05, 3.63) is 29.8 Å². The predicted octanol–water partition coefficient (Wildman–Crippen LogP) is 3.79. The molecular formula is C14H20O2. The fraction of sp³-hybridized carbons (Fsp3) is 0.500. The summed E-state index contributed by atoms with van der Waals surface area (Å²) >= 11 is 0. The molecule has 0 amide bonds. The summed E-state index contributed by atoms with van der Waals surface area (Å²) < 4.78 is 0. The van der Waals surface area contributed by atoms with Crippen molar-refractivity contribution in [1.29, 1.82) is 0 Å². The number of benzene rings is 1. The van der Waals surface area contributed by atoms with Gasteiger partial charge in [-0.3, -0.25) is 4.79 Å². The van der Waals surface area contributed by atoms with Gasteiger partial charge in [0.2, 0.25) is 0 Å². The summed E-state index contributed by atoms with van der Waals surface area (Å²) in [4.78, 5) is 11.7. The minimum atomic E-state index is 0.170. The van der Waals surface area contributed by atoms with Gasteiger partial charge >= 0.3 is 0 Å². The van der Waals surface area contributed by atoms with Crippen molar-refractivity contribution in [2.24, 2.45) is 5.92 Å². The molecule has 16 heavy (non-hydrogen) atoms. The van der Waals surface area contributed by atoms with Gasteiger partial charge in [0, 0.05) is 12.0 Å². The molecule has 0 aromatic heterocycles. The second kappa shape index (κ2) is 6.31. The molecule has 0 unspecified atom stereocenters. The maximum atomic E-state index is 11.7. The Morgan fingerprint density at radius 3 is 2.38 bits per heavy atom. The zero-order valence-corrected chi connectivity index (χ0v) is 10.1. The highest BCUT2D eigenvalue weighted by molar-refractivity contribution is 5.96. The van der Waals surface area contributed by atoms with Crippen LogP contribution in [-0.2, 0) is 0 Å². The van der Waals surface area contributed by atoms with Crippen molar-refractivity contribution < 1.29 is 9.90 Å². The van der Waals surface area contributed by atoms with E-state index >= 15 is 0 Å². The molecular weight excluding hydrogens is 200 g/mol. The monoisotopic (exact) mass is 220 g/mol. The Morgan fingerprint density at radius 1 is 1.19 bits per heavy atom. The lowest BCUT2D eigenvalue weighted by Gasteiger charge is -2.04. The molecule has 1 N–H and O–H groups in total. The van der Waals surface area contributed by atoms with Gasteiger partial charge < -0.3 is 5.11 Å². The Morgan fingerprint density at radius 2 is 1.81 bits per heavy atom. The summed E-state index contributed by atoms with van der Waals surface area (Å²) in [5.41, 5.74) is 0.697. The molecule has 88 valence electrons. The molecule has 0 saturated carbocycles. The number of rotatable bonds is 6. The quantitative estimate of drug-likeness (QED) is 0.585. The van der Waals surface area contributed by atoms with Gasteiger partial charge in [-0.1, -0.05) is 26.7 Å². The first-order valence-electron chi connectivity index (χ1n) is 5.92. The number of phenols is 1. The number of unbranched alkanes of at least 4 members (excludes halogenated alkanes) is 1. The zero-order valence-electron chi connectivity index (χ0n) is 10.1. The molecule has 0 fully saturated rings. The van der Waals surface area contributed by atoms with Gasteiger partial charge in [-0.15, -0.1) is 0 Å². The highest BCUT2D eigenvalue weighted by atomic mass is 16.3. The predicted molar refractivity (Wildman–Crippen MR) is 65.7 cm³/mol. The number of hydrogen-bond acceptors (Lipinski definition) is 2. The van der Waals surface area contributed by atoms with E-state index in [2.05, 4.69) is 13.8 Å². The van der Waals surface area contributed by atoms with E-state index in [0.717, 1.165) is 12.8 Å². The molecule has 0 bridgehead atoms. The average Bonchev–Trinajstić information content (AvgIpc) is 2.25. The topological polar surface area (TPSA) is 37.3 Å². The van der Waals surface area contributed by atoms with Crippen molar-refractivity contribution >= 4 is 5.78 Å². The lowest BCUT2D eigenvalue weighted by atomic mass is 10.0. The average molecular weight is 220 g/mol. The number of aromatic hydroxyl groups is 1. The Kier molecular flexibility index (Phi) is 5.03. The van der Waals surface area contributed by atoms with E-state index in [-0.39, 0.29) is 11.5 Å². The number of hydrogen-bond donors (Lipinski definition) is 1. The van der Waals surface area contributed by atoms with E-state index in [0.29, 0.717) is 17.9 Å². The van der Waals surface area contributed by atoms with Crippen LogP contribution >= 0.6 is 0 Å². The van der Waals surface area contributed by atoms with Crippen molar-refractivity contribution in [3.63, 3.8) is 0 Å². The lowest BCUT2D eigenvalue weighted by molar-refractivity contribution is 0.0978. The zero-order chi connectivity index (χ0) is 12.0. The third kappa shape index (κ3) is 4.47. The van der Waals surface area contributed by atoms with Gasteiger partial charge in [-0.25, -0.2) is 0 Å². The van der Waals surface area contributed by atoms with Gasteiger partial charge in [-0.05, 0) is 36.6 Å². The molecule has 1 aromatic carbocycles. The Bertz CT molecular complexity index is 325. The second-order valence-electron chi connectivity index (χ2n) is 4.61. The van der Waals surface area contributed by atoms with Crippen LogP contribution in [0, 0.1) is 5.92 Å². The van der Waals surface area contributed by atoms with Crippen LogP contribution in [0.2, 0.25) is 0 Å². The summed E-state index contributed by atoms with van der Waals surface area (Å²) in [5.74, 6) is 1.09. The highest BCUT2D eigenvalue weighted by Gasteiger charge is 2.05. The van der Waals surface area contributed by atoms with E-state index in [1.54, 1.807) is 24.3 Å². The number of ketones is 1. The van der Waals surface area contributed by atoms with Crippen LogP contribution in [-0.4, -0.2) is 10.9 Å². The number of Topliss-reactive ketones (excluding diaryl/α,β-unsaturated/α-hetero) is 1. The lowest BCUT2D eigenvalue weighted by Crippen LogP contribution is -1.99. The van der Waals surface area contributed by atoms with Crippen LogP contribution in [0.25, 0.3) is 0 Å². The number of phenolic OH excluding ortho intramolecular Hbond substituents is 1. The summed E-state index contributed by atoms with van der Waals surface area (Å²) in [6.07, 6.45) is 3.86. The first kappa shape index (κ1) is 12.8. The standard InChI is InChI=1S/C14H20O2/c1-11(2)5-3-4-6-14(16)12-7-9-13(15)10-8-12/h7-11,15H,3-6H2,1-2H3. The molecule has 1 aromatic rings. The molecule has 0 heterocycles. The fourth-order valence-electron chi connectivity index (χ4n) is 1.63. The van der Waals surface area contributed by atoms with E-state index in [4.69, 9.17) is 5.11 Å². The highest BCUT2D eigenvalue weighted by Crippen LogP contribution is 2.14. The Hall–Kier alpha value is -1.31. The van der Waals surface area contributed by atoms with Gasteiger partial charge in [0.1, 0.15) is 5.75 Å². The molecule has 0 aliphatic carbocycles. The summed E-state index contributed by atoms with van der Waals surface area (Å²) in [7, 11) is 0. The smallest absolute Gasteiger partial charge is 0.162 e. The third-order valence-electron chi connectivity index (χ3n) is 2.62. The van der Waals surface area contributed by atoms with Crippen molar-refractivity contribution in [1.82, 2.24) is 0 Å². The van der Waals surface area contributed by atoms with Gasteiger partial charge in [0.15, 0.2) is 5.78 Å². The summed E-state index contributed by atoms with van der Waals surface area (Å²) in [6, 6.07) is 6.48. The Balaban J connectivity index is 2.32. The minimum absolute atomic E-state index is 0.170. The van der Waals surface area contributed by atoms with Gasteiger partial charge in [-0.2, -0.15) is 0 Å². The molecule has 0 radical (unpaired) electrons. The van der Waals surface area contributed by atoms with Crippen LogP contribution < -0.4 is 0 Å². The SMILES string of the molecule is CC(C)CCCCC(=O)c1ccc(O)cc1. The number of carbonyl (C=O) groups is 1. The summed E-state index contributed by atoms with van der Waals surface area (Å²) in [6.45, 7) is 4.39. The van der Waals surface area contributed by atoms with Crippen LogP contribution in [0.1, 0.15) is 49.9 Å². The van der Waals surface area contributed by atoms with Crippen LogP contribution in [0.5, 0.6) is 5.75 Å². The van der Waals surface area contributed by atoms with Crippen molar-refractivity contribution in [2.75, 3.05) is 0 Å². The largest absolute Gasteiger partial charge is 0.508 e. The minimum Gasteiger partial charge on any atom is -0.508 e. The molecule has 1 rings (SSSR count). The van der Waals surface area contributed by atoms with Crippen LogP contribution in [0.15, 0.2) is 24.3 Å². The first-order chi connectivity index (χ1) is 7.59. The fourth-order valence-corrected chi connectivity index (χ4v) is 1.63. The maximum Gasteiger partial charge on any atom is 0.162 e. The molecule has 2 heteroatoms. The summed E-state index contributed by atoms with van der Waals surface area (Å²) in [5, 5.41) is 9.10. The molecule has 0 atom stereocenters. The molecule has 0 saturated heterocycles. The maximum absolute atomic E-state index is 11.7. The first-order valence-corrected chi connectivity index (χ1v) is 5.92. The molecule has 0 aliphatic rings. The van der Waals surface area contributed by atoms with Crippen molar-refractivity contribution in [2.45, 2.75) is 39.5 Å². The van der Waals surface area contributed by atoms with Crippen LogP contribution in [0.4, 0.5) is 0 Å². The van der Waals surface area contributed by atoms with E-state index in [9.17, 15) is 4.79 Å². The van der Waals surface area contributed by atoms with E-state index in [1.165, 1.54) is 6.42 Å². The van der Waals surface area contributed by atoms with Crippen molar-refractivity contribution in [3.8, 4) is 5.75 Å². The second-order valence-corrected chi connectivity index (χ2v) is 4.61. The molecule has 2 nitrogen and oxygen atoms in total. The Labute approximate surface area is 97.3 Å². The third-order valence-corrected chi connectivity index (χ3v) is 2.62. The van der Waals surface area contributed by atoms with Gasteiger partial charge in [0.25, 0.3) is 0 Å². The normalized spacial score (nSPS) is 10.7. The van der Waals surface area contributed by atoms with Crippen LogP contribution in [0.3, 0.4) is 0 Å². The van der Waals surface area contributed by atoms with E-state index in [1.807, 2.05) is 0 Å². The van der Waals surface area contributed by atoms with E-state index < -0.39 is 0 Å². The number of carbonyl (C=O) groups excluding carboxylic acids is 1. The molecule has 0 aliphatic heterocycles.